The second-order valence-electron chi connectivity index (χ2n) is 5.77. The second kappa shape index (κ2) is 5.68. The summed E-state index contributed by atoms with van der Waals surface area (Å²) in [4.78, 5) is 0. The van der Waals surface area contributed by atoms with Crippen LogP contribution in [0, 0.1) is 11.8 Å². The first-order valence-electron chi connectivity index (χ1n) is 6.94. The molecule has 0 aliphatic heterocycles. The largest absolute Gasteiger partial charge is 0.388 e. The molecule has 1 heteroatoms. The maximum atomic E-state index is 10.5. The topological polar surface area (TPSA) is 20.2 Å². The van der Waals surface area contributed by atoms with Crippen molar-refractivity contribution in [2.75, 3.05) is 0 Å². The average Bonchev–Trinajstić information content (AvgIpc) is 2.47. The van der Waals surface area contributed by atoms with Crippen LogP contribution in [0.15, 0.2) is 24.3 Å². The van der Waals surface area contributed by atoms with E-state index in [-0.39, 0.29) is 6.10 Å². The third-order valence-corrected chi connectivity index (χ3v) is 3.96. The van der Waals surface area contributed by atoms with Gasteiger partial charge in [0.2, 0.25) is 0 Å². The van der Waals surface area contributed by atoms with Crippen molar-refractivity contribution in [3.05, 3.63) is 35.4 Å². The molecular weight excluding hydrogens is 208 g/mol. The Hall–Kier alpha value is -0.820. The molecule has 0 radical (unpaired) electrons. The molecule has 0 saturated heterocycles. The van der Waals surface area contributed by atoms with Crippen LogP contribution in [0.4, 0.5) is 0 Å². The van der Waals surface area contributed by atoms with E-state index in [2.05, 4.69) is 32.0 Å². The third-order valence-electron chi connectivity index (χ3n) is 3.96. The average molecular weight is 232 g/mol. The second-order valence-corrected chi connectivity index (χ2v) is 5.77. The molecule has 2 atom stereocenters. The van der Waals surface area contributed by atoms with Crippen LogP contribution in [0.1, 0.15) is 56.8 Å². The molecule has 0 heterocycles. The number of hydrogen-bond acceptors (Lipinski definition) is 1. The summed E-state index contributed by atoms with van der Waals surface area (Å²) in [6, 6.07) is 8.41. The summed E-state index contributed by atoms with van der Waals surface area (Å²) in [5.41, 5.74) is 2.53. The van der Waals surface area contributed by atoms with Gasteiger partial charge < -0.3 is 5.11 Å². The fourth-order valence-corrected chi connectivity index (χ4v) is 2.87. The van der Waals surface area contributed by atoms with Gasteiger partial charge in [-0.2, -0.15) is 0 Å². The van der Waals surface area contributed by atoms with Gasteiger partial charge in [-0.15, -0.1) is 0 Å². The SMILES string of the molecule is CC(C)CCC1CCCc2ccccc2C1O. The van der Waals surface area contributed by atoms with Crippen molar-refractivity contribution in [1.29, 1.82) is 0 Å². The zero-order valence-corrected chi connectivity index (χ0v) is 11.0. The number of hydrogen-bond donors (Lipinski definition) is 1. The van der Waals surface area contributed by atoms with Gasteiger partial charge in [-0.3, -0.25) is 0 Å². The lowest BCUT2D eigenvalue weighted by atomic mass is 9.87. The Kier molecular flexibility index (Phi) is 4.22. The molecule has 94 valence electrons. The molecule has 1 aliphatic rings. The van der Waals surface area contributed by atoms with Crippen molar-refractivity contribution in [1.82, 2.24) is 0 Å². The Morgan fingerprint density at radius 2 is 2.06 bits per heavy atom. The number of aliphatic hydroxyl groups excluding tert-OH is 1. The molecule has 0 saturated carbocycles. The molecule has 0 bridgehead atoms. The molecule has 1 nitrogen and oxygen atoms in total. The Labute approximate surface area is 105 Å². The van der Waals surface area contributed by atoms with Crippen molar-refractivity contribution in [3.63, 3.8) is 0 Å². The first-order valence-corrected chi connectivity index (χ1v) is 6.94. The highest BCUT2D eigenvalue weighted by Gasteiger charge is 2.25. The predicted octanol–water partition coefficient (Wildman–Crippen LogP) is 4.11. The molecule has 1 N–H and O–H groups in total. The van der Waals surface area contributed by atoms with Crippen molar-refractivity contribution in [2.24, 2.45) is 11.8 Å². The van der Waals surface area contributed by atoms with Crippen LogP contribution < -0.4 is 0 Å². The van der Waals surface area contributed by atoms with E-state index in [0.29, 0.717) is 5.92 Å². The maximum absolute atomic E-state index is 10.5. The molecule has 1 aliphatic carbocycles. The van der Waals surface area contributed by atoms with E-state index in [1.165, 1.54) is 30.4 Å². The minimum absolute atomic E-state index is 0.243. The molecule has 0 amide bonds. The summed E-state index contributed by atoms with van der Waals surface area (Å²) in [5.74, 6) is 1.20. The van der Waals surface area contributed by atoms with E-state index in [1.807, 2.05) is 6.07 Å². The lowest BCUT2D eigenvalue weighted by Crippen LogP contribution is -2.12. The molecule has 0 aromatic heterocycles. The highest BCUT2D eigenvalue weighted by Crippen LogP contribution is 2.36. The van der Waals surface area contributed by atoms with Gasteiger partial charge in [0.1, 0.15) is 0 Å². The standard InChI is InChI=1S/C16H24O/c1-12(2)10-11-14-8-5-7-13-6-3-4-9-15(13)16(14)17/h3-4,6,9,12,14,16-17H,5,7-8,10-11H2,1-2H3. The lowest BCUT2D eigenvalue weighted by molar-refractivity contribution is 0.0962. The van der Waals surface area contributed by atoms with Gasteiger partial charge >= 0.3 is 0 Å². The van der Waals surface area contributed by atoms with E-state index in [4.69, 9.17) is 0 Å². The first kappa shape index (κ1) is 12.6. The highest BCUT2D eigenvalue weighted by molar-refractivity contribution is 5.30. The van der Waals surface area contributed by atoms with Crippen LogP contribution in [0.5, 0.6) is 0 Å². The summed E-state index contributed by atoms with van der Waals surface area (Å²) >= 11 is 0. The molecule has 1 aromatic carbocycles. The Bertz CT molecular complexity index is 356. The fraction of sp³-hybridized carbons (Fsp3) is 0.625. The first-order chi connectivity index (χ1) is 8.18. The zero-order valence-electron chi connectivity index (χ0n) is 11.0. The van der Waals surface area contributed by atoms with Crippen LogP contribution in [0.25, 0.3) is 0 Å². The van der Waals surface area contributed by atoms with E-state index < -0.39 is 0 Å². The molecular formula is C16H24O. The number of aliphatic hydroxyl groups is 1. The monoisotopic (exact) mass is 232 g/mol. The van der Waals surface area contributed by atoms with E-state index in [1.54, 1.807) is 0 Å². The molecule has 0 spiro atoms. The van der Waals surface area contributed by atoms with Gasteiger partial charge in [0.05, 0.1) is 6.10 Å². The summed E-state index contributed by atoms with van der Waals surface area (Å²) in [6.07, 6.45) is 5.66. The third kappa shape index (κ3) is 3.10. The van der Waals surface area contributed by atoms with Crippen LogP contribution in [0.2, 0.25) is 0 Å². The lowest BCUT2D eigenvalue weighted by Gasteiger charge is -2.22. The number of aryl methyl sites for hydroxylation is 1. The number of rotatable bonds is 3. The van der Waals surface area contributed by atoms with Crippen molar-refractivity contribution in [3.8, 4) is 0 Å². The molecule has 2 rings (SSSR count). The van der Waals surface area contributed by atoms with E-state index in [9.17, 15) is 5.11 Å². The molecule has 17 heavy (non-hydrogen) atoms. The Balaban J connectivity index is 2.11. The fourth-order valence-electron chi connectivity index (χ4n) is 2.87. The smallest absolute Gasteiger partial charge is 0.0820 e. The van der Waals surface area contributed by atoms with Crippen LogP contribution in [-0.4, -0.2) is 5.11 Å². The Morgan fingerprint density at radius 1 is 1.29 bits per heavy atom. The molecule has 2 unspecified atom stereocenters. The van der Waals surface area contributed by atoms with E-state index in [0.717, 1.165) is 18.8 Å². The number of fused-ring (bicyclic) bond motifs is 1. The van der Waals surface area contributed by atoms with Gasteiger partial charge in [0.25, 0.3) is 0 Å². The predicted molar refractivity (Wildman–Crippen MR) is 71.9 cm³/mol. The molecule has 1 aromatic rings. The highest BCUT2D eigenvalue weighted by atomic mass is 16.3. The minimum Gasteiger partial charge on any atom is -0.388 e. The summed E-state index contributed by atoms with van der Waals surface area (Å²) in [7, 11) is 0. The van der Waals surface area contributed by atoms with Gasteiger partial charge in [-0.25, -0.2) is 0 Å². The minimum atomic E-state index is -0.243. The van der Waals surface area contributed by atoms with Crippen LogP contribution in [0.3, 0.4) is 0 Å². The van der Waals surface area contributed by atoms with Crippen LogP contribution in [-0.2, 0) is 6.42 Å². The summed E-state index contributed by atoms with van der Waals surface area (Å²) in [5, 5.41) is 10.5. The summed E-state index contributed by atoms with van der Waals surface area (Å²) < 4.78 is 0. The van der Waals surface area contributed by atoms with E-state index >= 15 is 0 Å². The maximum Gasteiger partial charge on any atom is 0.0820 e. The summed E-state index contributed by atoms with van der Waals surface area (Å²) in [6.45, 7) is 4.52. The van der Waals surface area contributed by atoms with Gasteiger partial charge in [-0.05, 0) is 48.6 Å². The Morgan fingerprint density at radius 3 is 2.82 bits per heavy atom. The van der Waals surface area contributed by atoms with Gasteiger partial charge in [0.15, 0.2) is 0 Å². The van der Waals surface area contributed by atoms with Crippen molar-refractivity contribution in [2.45, 2.75) is 52.1 Å². The van der Waals surface area contributed by atoms with Crippen LogP contribution >= 0.6 is 0 Å². The van der Waals surface area contributed by atoms with Crippen molar-refractivity contribution < 1.29 is 5.11 Å². The molecule has 0 fully saturated rings. The quantitative estimate of drug-likeness (QED) is 0.778. The number of benzene rings is 1. The van der Waals surface area contributed by atoms with Gasteiger partial charge in [-0.1, -0.05) is 44.5 Å². The normalized spacial score (nSPS) is 24.5. The van der Waals surface area contributed by atoms with Crippen molar-refractivity contribution >= 4 is 0 Å². The zero-order chi connectivity index (χ0) is 12.3. The van der Waals surface area contributed by atoms with Gasteiger partial charge in [0, 0.05) is 0 Å².